The summed E-state index contributed by atoms with van der Waals surface area (Å²) in [6.07, 6.45) is 0. The van der Waals surface area contributed by atoms with Crippen LogP contribution in [-0.4, -0.2) is 3.84 Å². The van der Waals surface area contributed by atoms with Crippen LogP contribution in [0, 0.1) is 0 Å². The Hall–Kier alpha value is -5.15. The maximum Gasteiger partial charge on any atom is -0.0134 e. The molecule has 0 saturated carbocycles. The van der Waals surface area contributed by atoms with Crippen molar-refractivity contribution in [2.75, 3.05) is 0 Å². The SMILES string of the molecule is O=[C](Cl)[Rh].c1ccc(P(c2ccccc2)c2ccccc2)cc1.c1ccc(P(c2ccccc2)c2ccccc2)cc1.c1ccc(P(c2ccccc2)c2ccccc2)cc1. The molecule has 1 nitrogen and oxygen atoms in total. The van der Waals surface area contributed by atoms with Gasteiger partial charge in [-0.3, -0.25) is 0 Å². The van der Waals surface area contributed by atoms with E-state index in [-0.39, 0.29) is 0 Å². The zero-order chi connectivity index (χ0) is 42.3. The van der Waals surface area contributed by atoms with Gasteiger partial charge in [0.05, 0.1) is 0 Å². The van der Waals surface area contributed by atoms with E-state index in [0.29, 0.717) is 0 Å². The Bertz CT molecular complexity index is 1970. The van der Waals surface area contributed by atoms with E-state index in [4.69, 9.17) is 4.79 Å². The summed E-state index contributed by atoms with van der Waals surface area (Å²) in [5.74, 6) is 0. The average Bonchev–Trinajstić information content (AvgIpc) is 3.33. The molecule has 0 heterocycles. The van der Waals surface area contributed by atoms with Crippen molar-refractivity contribution in [3.63, 3.8) is 0 Å². The van der Waals surface area contributed by atoms with Crippen molar-refractivity contribution in [3.8, 4) is 0 Å². The molecule has 0 unspecified atom stereocenters. The van der Waals surface area contributed by atoms with Crippen molar-refractivity contribution in [2.24, 2.45) is 0 Å². The second-order valence-electron chi connectivity index (χ2n) is 13.2. The van der Waals surface area contributed by atoms with E-state index in [0.717, 1.165) is 0 Å². The first-order valence-electron chi connectivity index (χ1n) is 19.8. The van der Waals surface area contributed by atoms with E-state index in [1.807, 2.05) is 18.3 Å². The molecule has 0 atom stereocenters. The van der Waals surface area contributed by atoms with Crippen molar-refractivity contribution in [1.82, 2.24) is 0 Å². The van der Waals surface area contributed by atoms with Crippen LogP contribution in [0.1, 0.15) is 0 Å². The smallest absolute Gasteiger partial charge is 0.0134 e. The summed E-state index contributed by atoms with van der Waals surface area (Å²) in [5, 5.41) is 12.6. The van der Waals surface area contributed by atoms with Gasteiger partial charge in [-0.05, 0) is 71.5 Å². The predicted octanol–water partition coefficient (Wildman–Crippen LogP) is 11.2. The molecular formula is C55H45ClOP3Rh. The van der Waals surface area contributed by atoms with Gasteiger partial charge in [0.15, 0.2) is 0 Å². The van der Waals surface area contributed by atoms with E-state index in [2.05, 4.69) is 285 Å². The first-order chi connectivity index (χ1) is 30.1. The number of hydrogen-bond donors (Lipinski definition) is 0. The molecule has 0 radical (unpaired) electrons. The normalized spacial score (nSPS) is 10.3. The monoisotopic (exact) mass is 952 g/mol. The molecule has 0 aliphatic rings. The van der Waals surface area contributed by atoms with Crippen molar-refractivity contribution < 1.29 is 23.1 Å². The second kappa shape index (κ2) is 25.6. The Morgan fingerprint density at radius 3 is 0.410 bits per heavy atom. The Morgan fingerprint density at radius 1 is 0.246 bits per heavy atom. The molecule has 0 spiro atoms. The molecule has 0 bridgehead atoms. The minimum Gasteiger partial charge on any atom is -0.0622 e. The summed E-state index contributed by atoms with van der Waals surface area (Å²) < 4.78 is -0.471. The van der Waals surface area contributed by atoms with Gasteiger partial charge in [0.25, 0.3) is 0 Å². The fraction of sp³-hybridized carbons (Fsp3) is 0. The number of halogens is 1. The van der Waals surface area contributed by atoms with Crippen LogP contribution < -0.4 is 47.7 Å². The van der Waals surface area contributed by atoms with Crippen molar-refractivity contribution in [3.05, 3.63) is 273 Å². The molecule has 0 saturated heterocycles. The van der Waals surface area contributed by atoms with Gasteiger partial charge in [-0.1, -0.05) is 273 Å². The molecule has 302 valence electrons. The van der Waals surface area contributed by atoms with E-state index in [1.165, 1.54) is 47.7 Å². The van der Waals surface area contributed by atoms with Crippen LogP contribution in [0.15, 0.2) is 273 Å². The Labute approximate surface area is 380 Å². The van der Waals surface area contributed by atoms with Gasteiger partial charge in [0, 0.05) is 0 Å². The minimum atomic E-state index is -0.471. The summed E-state index contributed by atoms with van der Waals surface area (Å²) in [6, 6.07) is 97.0. The summed E-state index contributed by atoms with van der Waals surface area (Å²) in [6.45, 7) is 0. The Balaban J connectivity index is 0.000000146. The number of rotatable bonds is 9. The van der Waals surface area contributed by atoms with Crippen LogP contribution >= 0.6 is 35.4 Å². The molecule has 9 aromatic rings. The quantitative estimate of drug-likeness (QED) is 0.0800. The van der Waals surface area contributed by atoms with Crippen molar-refractivity contribution >= 4 is 86.9 Å². The third kappa shape index (κ3) is 14.5. The third-order valence-corrected chi connectivity index (χ3v) is 16.5. The summed E-state index contributed by atoms with van der Waals surface area (Å²) >= 11 is 6.53. The van der Waals surface area contributed by atoms with Crippen LogP contribution in [0.5, 0.6) is 0 Å². The van der Waals surface area contributed by atoms with Crippen LogP contribution in [0.4, 0.5) is 4.79 Å². The van der Waals surface area contributed by atoms with Gasteiger partial charge in [-0.25, -0.2) is 0 Å². The van der Waals surface area contributed by atoms with Crippen LogP contribution in [0.25, 0.3) is 0 Å². The number of benzene rings is 9. The van der Waals surface area contributed by atoms with Gasteiger partial charge in [0.1, 0.15) is 0 Å². The molecule has 0 fully saturated rings. The molecule has 9 rings (SSSR count). The molecular weight excluding hydrogens is 908 g/mol. The van der Waals surface area contributed by atoms with Crippen molar-refractivity contribution in [2.45, 2.75) is 0 Å². The summed E-state index contributed by atoms with van der Waals surface area (Å²) in [7, 11) is -1.34. The fourth-order valence-corrected chi connectivity index (χ4v) is 13.5. The zero-order valence-electron chi connectivity index (χ0n) is 33.4. The van der Waals surface area contributed by atoms with E-state index in [9.17, 15) is 0 Å². The molecule has 61 heavy (non-hydrogen) atoms. The molecule has 0 amide bonds. The summed E-state index contributed by atoms with van der Waals surface area (Å²) in [4.78, 5) is 9.16. The average molecular weight is 953 g/mol. The topological polar surface area (TPSA) is 17.1 Å². The maximum absolute atomic E-state index is 9.16. The van der Waals surface area contributed by atoms with Crippen LogP contribution in [0.2, 0.25) is 0 Å². The fourth-order valence-electron chi connectivity index (χ4n) is 6.54. The van der Waals surface area contributed by atoms with Crippen LogP contribution in [0.3, 0.4) is 0 Å². The first kappa shape index (κ1) is 45.4. The number of carbonyl (C=O) groups is 1. The van der Waals surface area contributed by atoms with E-state index in [1.54, 1.807) is 0 Å². The van der Waals surface area contributed by atoms with Crippen molar-refractivity contribution in [1.29, 1.82) is 0 Å². The standard InChI is InChI=1S/3C18H15P.CClO.Rh/c3*1-4-10-16(11-5-1)19(17-12-6-2-7-13-17)18-14-8-3-9-15-18;2-1-3;/h3*1-15H;;. The van der Waals surface area contributed by atoms with E-state index >= 15 is 0 Å². The zero-order valence-corrected chi connectivity index (χ0v) is 38.5. The van der Waals surface area contributed by atoms with Crippen LogP contribution in [-0.2, 0) is 18.3 Å². The van der Waals surface area contributed by atoms with Gasteiger partial charge < -0.3 is 0 Å². The molecule has 9 aromatic carbocycles. The second-order valence-corrected chi connectivity index (χ2v) is 21.4. The van der Waals surface area contributed by atoms with Gasteiger partial charge >= 0.3 is 38.5 Å². The molecule has 0 aromatic heterocycles. The Morgan fingerprint density at radius 2 is 0.328 bits per heavy atom. The van der Waals surface area contributed by atoms with Gasteiger partial charge in [-0.15, -0.1) is 0 Å². The number of carbonyl (C=O) groups excluding carboxylic acids is 1. The largest absolute Gasteiger partial charge is 0.0622 e. The predicted molar refractivity (Wildman–Crippen MR) is 267 cm³/mol. The van der Waals surface area contributed by atoms with E-state index < -0.39 is 27.6 Å². The minimum absolute atomic E-state index is 0.446. The molecule has 0 aliphatic carbocycles. The third-order valence-electron chi connectivity index (χ3n) is 9.13. The Kier molecular flexibility index (Phi) is 19.0. The molecule has 0 N–H and O–H groups in total. The summed E-state index contributed by atoms with van der Waals surface area (Å²) in [5.41, 5.74) is 0. The first-order valence-corrected chi connectivity index (χ1v) is 25.0. The van der Waals surface area contributed by atoms with Gasteiger partial charge in [0.2, 0.25) is 0 Å². The maximum atomic E-state index is 9.16. The van der Waals surface area contributed by atoms with Gasteiger partial charge in [-0.2, -0.15) is 0 Å². The molecule has 0 aliphatic heterocycles. The number of hydrogen-bond acceptors (Lipinski definition) is 1. The molecule has 6 heteroatoms.